The van der Waals surface area contributed by atoms with E-state index >= 15 is 0 Å². The smallest absolute Gasteiger partial charge is 0.265 e. The summed E-state index contributed by atoms with van der Waals surface area (Å²) < 4.78 is 5.68. The molecule has 26 heavy (non-hydrogen) atoms. The first-order chi connectivity index (χ1) is 12.5. The molecule has 0 radical (unpaired) electrons. The van der Waals surface area contributed by atoms with Crippen molar-refractivity contribution in [1.82, 2.24) is 9.97 Å². The first kappa shape index (κ1) is 18.0. The largest absolute Gasteiger partial charge is 0.481 e. The predicted octanol–water partition coefficient (Wildman–Crippen LogP) is 2.55. The third-order valence-corrected chi connectivity index (χ3v) is 4.25. The first-order valence-electron chi connectivity index (χ1n) is 8.86. The van der Waals surface area contributed by atoms with Crippen LogP contribution in [0.25, 0.3) is 0 Å². The van der Waals surface area contributed by atoms with Gasteiger partial charge < -0.3 is 19.9 Å². The number of benzene rings is 1. The first-order valence-corrected chi connectivity index (χ1v) is 8.86. The standard InChI is InChI=1S/C19H25N5O2/c1-14(26-15-9-5-4-6-10-15)18(25)21-16-13-20-19(22-17(16)23(2)3)24-11-7-8-12-24/h4-6,9-10,13-14H,7-8,11-12H2,1-3H3,(H,21,25). The van der Waals surface area contributed by atoms with E-state index in [0.29, 0.717) is 23.2 Å². The van der Waals surface area contributed by atoms with Crippen LogP contribution in [0.2, 0.25) is 0 Å². The molecular formula is C19H25N5O2. The third-order valence-electron chi connectivity index (χ3n) is 4.25. The molecule has 1 unspecified atom stereocenters. The van der Waals surface area contributed by atoms with Gasteiger partial charge in [0, 0.05) is 27.2 Å². The monoisotopic (exact) mass is 355 g/mol. The summed E-state index contributed by atoms with van der Waals surface area (Å²) in [7, 11) is 3.80. The molecule has 0 saturated carbocycles. The molecule has 1 aromatic heterocycles. The van der Waals surface area contributed by atoms with Crippen molar-refractivity contribution in [2.75, 3.05) is 42.3 Å². The fraction of sp³-hybridized carbons (Fsp3) is 0.421. The number of hydrogen-bond donors (Lipinski definition) is 1. The van der Waals surface area contributed by atoms with Gasteiger partial charge in [-0.2, -0.15) is 4.98 Å². The highest BCUT2D eigenvalue weighted by molar-refractivity contribution is 5.96. The van der Waals surface area contributed by atoms with E-state index < -0.39 is 6.10 Å². The molecule has 2 aromatic rings. The van der Waals surface area contributed by atoms with Crippen LogP contribution in [-0.4, -0.2) is 49.2 Å². The van der Waals surface area contributed by atoms with Crippen LogP contribution >= 0.6 is 0 Å². The van der Waals surface area contributed by atoms with Gasteiger partial charge in [-0.25, -0.2) is 4.98 Å². The minimum atomic E-state index is -0.634. The highest BCUT2D eigenvalue weighted by atomic mass is 16.5. The van der Waals surface area contributed by atoms with E-state index in [2.05, 4.69) is 20.2 Å². The van der Waals surface area contributed by atoms with Crippen LogP contribution in [0.3, 0.4) is 0 Å². The van der Waals surface area contributed by atoms with Crippen molar-refractivity contribution < 1.29 is 9.53 Å². The normalized spacial score (nSPS) is 14.8. The molecule has 1 N–H and O–H groups in total. The number of aromatic nitrogens is 2. The van der Waals surface area contributed by atoms with Crippen LogP contribution in [0.5, 0.6) is 5.75 Å². The van der Waals surface area contributed by atoms with Crippen molar-refractivity contribution in [3.63, 3.8) is 0 Å². The number of anilines is 3. The van der Waals surface area contributed by atoms with E-state index in [9.17, 15) is 4.79 Å². The Bertz CT molecular complexity index is 745. The number of ether oxygens (including phenoxy) is 1. The van der Waals surface area contributed by atoms with E-state index in [1.54, 1.807) is 13.1 Å². The molecule has 1 amide bonds. The van der Waals surface area contributed by atoms with E-state index in [1.807, 2.05) is 49.3 Å². The van der Waals surface area contributed by atoms with Crippen molar-refractivity contribution in [2.45, 2.75) is 25.9 Å². The molecule has 138 valence electrons. The van der Waals surface area contributed by atoms with Crippen LogP contribution in [0.15, 0.2) is 36.5 Å². The molecule has 0 aliphatic carbocycles. The number of nitrogens with one attached hydrogen (secondary N) is 1. The molecule has 7 nitrogen and oxygen atoms in total. The molecule has 0 bridgehead atoms. The third kappa shape index (κ3) is 4.22. The van der Waals surface area contributed by atoms with Crippen molar-refractivity contribution in [1.29, 1.82) is 0 Å². The summed E-state index contributed by atoms with van der Waals surface area (Å²) in [6.45, 7) is 3.66. The van der Waals surface area contributed by atoms with Gasteiger partial charge in [-0.1, -0.05) is 18.2 Å². The average molecular weight is 355 g/mol. The van der Waals surface area contributed by atoms with Gasteiger partial charge in [0.15, 0.2) is 11.9 Å². The number of nitrogens with zero attached hydrogens (tertiary/aromatic N) is 4. The van der Waals surface area contributed by atoms with Gasteiger partial charge in [-0.15, -0.1) is 0 Å². The van der Waals surface area contributed by atoms with Crippen LogP contribution in [0.1, 0.15) is 19.8 Å². The maximum atomic E-state index is 12.5. The van der Waals surface area contributed by atoms with E-state index in [-0.39, 0.29) is 5.91 Å². The molecule has 7 heteroatoms. The Kier molecular flexibility index (Phi) is 5.55. The SMILES string of the molecule is CC(Oc1ccccc1)C(=O)Nc1cnc(N2CCCC2)nc1N(C)C. The number of rotatable bonds is 6. The Morgan fingerprint density at radius 1 is 1.23 bits per heavy atom. The topological polar surface area (TPSA) is 70.6 Å². The van der Waals surface area contributed by atoms with Gasteiger partial charge in [-0.3, -0.25) is 4.79 Å². The van der Waals surface area contributed by atoms with Gasteiger partial charge in [0.1, 0.15) is 11.4 Å². The molecule has 0 spiro atoms. The zero-order chi connectivity index (χ0) is 18.5. The second kappa shape index (κ2) is 8.03. The maximum Gasteiger partial charge on any atom is 0.265 e. The Hall–Kier alpha value is -2.83. The highest BCUT2D eigenvalue weighted by Crippen LogP contribution is 2.25. The van der Waals surface area contributed by atoms with E-state index in [4.69, 9.17) is 4.74 Å². The summed E-state index contributed by atoms with van der Waals surface area (Å²) in [6, 6.07) is 9.29. The van der Waals surface area contributed by atoms with E-state index in [1.165, 1.54) is 0 Å². The fourth-order valence-electron chi connectivity index (χ4n) is 2.85. The molecular weight excluding hydrogens is 330 g/mol. The van der Waals surface area contributed by atoms with Crippen LogP contribution in [-0.2, 0) is 4.79 Å². The van der Waals surface area contributed by atoms with Crippen molar-refractivity contribution >= 4 is 23.4 Å². The summed E-state index contributed by atoms with van der Waals surface area (Å²) in [5, 5.41) is 2.88. The Labute approximate surface area is 154 Å². The fourth-order valence-corrected chi connectivity index (χ4v) is 2.85. The Morgan fingerprint density at radius 3 is 2.58 bits per heavy atom. The lowest BCUT2D eigenvalue weighted by molar-refractivity contribution is -0.122. The van der Waals surface area contributed by atoms with Crippen molar-refractivity contribution in [3.8, 4) is 5.75 Å². The van der Waals surface area contributed by atoms with Gasteiger partial charge in [-0.05, 0) is 31.9 Å². The number of para-hydroxylation sites is 1. The maximum absolute atomic E-state index is 12.5. The van der Waals surface area contributed by atoms with Gasteiger partial charge in [0.25, 0.3) is 5.91 Å². The average Bonchev–Trinajstić information content (AvgIpc) is 3.17. The molecule has 1 aromatic carbocycles. The minimum absolute atomic E-state index is 0.241. The number of hydrogen-bond acceptors (Lipinski definition) is 6. The summed E-state index contributed by atoms with van der Waals surface area (Å²) in [5.41, 5.74) is 0.575. The highest BCUT2D eigenvalue weighted by Gasteiger charge is 2.21. The number of carbonyl (C=O) groups excluding carboxylic acids is 1. The lowest BCUT2D eigenvalue weighted by Crippen LogP contribution is -2.31. The van der Waals surface area contributed by atoms with Crippen LogP contribution < -0.4 is 19.9 Å². The van der Waals surface area contributed by atoms with E-state index in [0.717, 1.165) is 25.9 Å². The summed E-state index contributed by atoms with van der Waals surface area (Å²) in [6.07, 6.45) is 3.36. The molecule has 1 saturated heterocycles. The quantitative estimate of drug-likeness (QED) is 0.859. The molecule has 1 fully saturated rings. The second-order valence-corrected chi connectivity index (χ2v) is 6.56. The zero-order valence-electron chi connectivity index (χ0n) is 15.5. The van der Waals surface area contributed by atoms with Crippen molar-refractivity contribution in [3.05, 3.63) is 36.5 Å². The summed E-state index contributed by atoms with van der Waals surface area (Å²) in [4.78, 5) is 25.6. The van der Waals surface area contributed by atoms with Gasteiger partial charge in [0.2, 0.25) is 5.95 Å². The molecule has 2 heterocycles. The predicted molar refractivity (Wildman–Crippen MR) is 103 cm³/mol. The molecule has 1 aliphatic rings. The lowest BCUT2D eigenvalue weighted by Gasteiger charge is -2.22. The Morgan fingerprint density at radius 2 is 1.92 bits per heavy atom. The lowest BCUT2D eigenvalue weighted by atomic mass is 10.3. The van der Waals surface area contributed by atoms with Crippen molar-refractivity contribution in [2.24, 2.45) is 0 Å². The van der Waals surface area contributed by atoms with Crippen LogP contribution in [0, 0.1) is 0 Å². The Balaban J connectivity index is 1.72. The summed E-state index contributed by atoms with van der Waals surface area (Å²) >= 11 is 0. The van der Waals surface area contributed by atoms with Gasteiger partial charge >= 0.3 is 0 Å². The number of carbonyl (C=O) groups is 1. The van der Waals surface area contributed by atoms with Gasteiger partial charge in [0.05, 0.1) is 6.20 Å². The summed E-state index contributed by atoms with van der Waals surface area (Å²) in [5.74, 6) is 1.80. The second-order valence-electron chi connectivity index (χ2n) is 6.56. The number of amides is 1. The zero-order valence-corrected chi connectivity index (χ0v) is 15.5. The minimum Gasteiger partial charge on any atom is -0.481 e. The molecule has 3 rings (SSSR count). The van der Waals surface area contributed by atoms with Crippen LogP contribution in [0.4, 0.5) is 17.5 Å². The molecule has 1 aliphatic heterocycles. The molecule has 1 atom stereocenters.